The van der Waals surface area contributed by atoms with Crippen LogP contribution >= 0.6 is 11.6 Å². The topological polar surface area (TPSA) is 97.7 Å². The van der Waals surface area contributed by atoms with Crippen LogP contribution in [0.3, 0.4) is 0 Å². The number of rotatable bonds is 1. The Morgan fingerprint density at radius 1 is 1.04 bits per heavy atom. The van der Waals surface area contributed by atoms with Gasteiger partial charge in [0.05, 0.1) is 16.1 Å². The highest BCUT2D eigenvalue weighted by Gasteiger charge is 2.49. The first-order valence-corrected chi connectivity index (χ1v) is 8.96. The van der Waals surface area contributed by atoms with Crippen molar-refractivity contribution in [3.8, 4) is 11.5 Å². The van der Waals surface area contributed by atoms with E-state index in [1.807, 2.05) is 0 Å². The Morgan fingerprint density at radius 3 is 2.11 bits per heavy atom. The molecule has 1 aliphatic heterocycles. The van der Waals surface area contributed by atoms with E-state index in [4.69, 9.17) is 16.3 Å². The molecule has 142 valence electrons. The van der Waals surface area contributed by atoms with Crippen molar-refractivity contribution >= 4 is 34.9 Å². The Bertz CT molecular complexity index is 1120. The summed E-state index contributed by atoms with van der Waals surface area (Å²) in [6, 6.07) is 6.14. The summed E-state index contributed by atoms with van der Waals surface area (Å²) in [7, 11) is 0. The van der Waals surface area contributed by atoms with Crippen molar-refractivity contribution in [2.75, 3.05) is 0 Å². The summed E-state index contributed by atoms with van der Waals surface area (Å²) in [4.78, 5) is 51.3. The predicted octanol–water partition coefficient (Wildman–Crippen LogP) is 3.44. The standard InChI is InChI=1S/C21H15ClO6/c1-21(2,3)19(26)13-10-14(22)17(25)11-12(18(10)28-20(13)27)16(24)9-7-5-4-6-8(9)15(11)23/h4-7,13,25H,1-3H3. The monoisotopic (exact) mass is 398 g/mol. The van der Waals surface area contributed by atoms with E-state index in [2.05, 4.69) is 0 Å². The van der Waals surface area contributed by atoms with Crippen LogP contribution in [-0.2, 0) is 9.59 Å². The third-order valence-electron chi connectivity index (χ3n) is 5.00. The molecule has 28 heavy (non-hydrogen) atoms. The zero-order chi connectivity index (χ0) is 20.5. The van der Waals surface area contributed by atoms with Gasteiger partial charge in [-0.1, -0.05) is 56.6 Å². The van der Waals surface area contributed by atoms with E-state index >= 15 is 0 Å². The highest BCUT2D eigenvalue weighted by molar-refractivity contribution is 6.38. The van der Waals surface area contributed by atoms with Gasteiger partial charge >= 0.3 is 5.97 Å². The number of phenols is 1. The second-order valence-corrected chi connectivity index (χ2v) is 8.21. The van der Waals surface area contributed by atoms with Gasteiger partial charge in [0.1, 0.15) is 17.4 Å². The average Bonchev–Trinajstić information content (AvgIpc) is 2.98. The van der Waals surface area contributed by atoms with Crippen molar-refractivity contribution in [3.05, 3.63) is 57.1 Å². The lowest BCUT2D eigenvalue weighted by Gasteiger charge is -2.23. The number of phenolic OH excluding ortho intramolecular Hbond substituents is 1. The van der Waals surface area contributed by atoms with Crippen molar-refractivity contribution in [2.24, 2.45) is 5.41 Å². The lowest BCUT2D eigenvalue weighted by Crippen LogP contribution is -2.30. The number of benzene rings is 2. The van der Waals surface area contributed by atoms with E-state index in [-0.39, 0.29) is 38.6 Å². The van der Waals surface area contributed by atoms with Gasteiger partial charge in [-0.05, 0) is 0 Å². The highest BCUT2D eigenvalue weighted by Crippen LogP contribution is 2.52. The van der Waals surface area contributed by atoms with E-state index in [0.29, 0.717) is 0 Å². The van der Waals surface area contributed by atoms with Gasteiger partial charge in [0, 0.05) is 22.1 Å². The molecule has 2 aliphatic rings. The second-order valence-electron chi connectivity index (χ2n) is 7.83. The first-order valence-electron chi connectivity index (χ1n) is 8.58. The molecule has 0 saturated carbocycles. The predicted molar refractivity (Wildman–Crippen MR) is 99.3 cm³/mol. The van der Waals surface area contributed by atoms with Crippen molar-refractivity contribution in [2.45, 2.75) is 26.7 Å². The maximum Gasteiger partial charge on any atom is 0.326 e. The smallest absolute Gasteiger partial charge is 0.326 e. The van der Waals surface area contributed by atoms with Gasteiger partial charge < -0.3 is 9.84 Å². The van der Waals surface area contributed by atoms with Gasteiger partial charge in [-0.15, -0.1) is 0 Å². The van der Waals surface area contributed by atoms with Crippen LogP contribution in [0, 0.1) is 5.41 Å². The summed E-state index contributed by atoms with van der Waals surface area (Å²) >= 11 is 6.27. The minimum Gasteiger partial charge on any atom is -0.506 e. The number of Topliss-reactive ketones (excluding diaryl/α,β-unsaturated/α-hetero) is 1. The Balaban J connectivity index is 2.04. The summed E-state index contributed by atoms with van der Waals surface area (Å²) in [5, 5.41) is 10.3. The number of halogens is 1. The molecule has 0 saturated heterocycles. The van der Waals surface area contributed by atoms with Gasteiger partial charge in [-0.25, -0.2) is 0 Å². The molecule has 0 radical (unpaired) electrons. The number of ether oxygens (including phenoxy) is 1. The fourth-order valence-corrected chi connectivity index (χ4v) is 3.89. The fourth-order valence-electron chi connectivity index (χ4n) is 3.60. The number of fused-ring (bicyclic) bond motifs is 4. The average molecular weight is 399 g/mol. The molecule has 1 heterocycles. The van der Waals surface area contributed by atoms with Gasteiger partial charge in [-0.3, -0.25) is 19.2 Å². The van der Waals surface area contributed by atoms with Crippen LogP contribution in [-0.4, -0.2) is 28.4 Å². The fraction of sp³-hybridized carbons (Fsp3) is 0.238. The first kappa shape index (κ1) is 18.4. The van der Waals surface area contributed by atoms with Crippen LogP contribution in [0.25, 0.3) is 0 Å². The lowest BCUT2D eigenvalue weighted by molar-refractivity contribution is -0.140. The number of carbonyl (C=O) groups is 4. The Morgan fingerprint density at radius 2 is 1.57 bits per heavy atom. The minimum absolute atomic E-state index is 0.0663. The SMILES string of the molecule is CC(C)(C)C(=O)C1C(=O)Oc2c3c(c(O)c(Cl)c21)C(=O)c1ccccc1C3=O. The number of hydrogen-bond donors (Lipinski definition) is 1. The van der Waals surface area contributed by atoms with Crippen LogP contribution in [0.5, 0.6) is 11.5 Å². The van der Waals surface area contributed by atoms with Gasteiger partial charge in [-0.2, -0.15) is 0 Å². The van der Waals surface area contributed by atoms with Crippen LogP contribution in [0.15, 0.2) is 24.3 Å². The van der Waals surface area contributed by atoms with E-state index in [1.54, 1.807) is 32.9 Å². The summed E-state index contributed by atoms with van der Waals surface area (Å²) in [5.74, 6) is -4.76. The van der Waals surface area contributed by atoms with Gasteiger partial charge in [0.15, 0.2) is 17.3 Å². The highest BCUT2D eigenvalue weighted by atomic mass is 35.5. The number of carbonyl (C=O) groups excluding carboxylic acids is 4. The second kappa shape index (κ2) is 5.75. The normalized spacial score (nSPS) is 17.7. The van der Waals surface area contributed by atoms with Crippen LogP contribution in [0.1, 0.15) is 64.1 Å². The largest absolute Gasteiger partial charge is 0.506 e. The quantitative estimate of drug-likeness (QED) is 0.383. The van der Waals surface area contributed by atoms with E-state index in [0.717, 1.165) is 0 Å². The number of ketones is 3. The summed E-state index contributed by atoms with van der Waals surface area (Å²) in [6.07, 6.45) is 0. The molecule has 2 aromatic carbocycles. The van der Waals surface area contributed by atoms with Crippen molar-refractivity contribution in [1.29, 1.82) is 0 Å². The van der Waals surface area contributed by atoms with Gasteiger partial charge in [0.2, 0.25) is 0 Å². The molecule has 6 nitrogen and oxygen atoms in total. The van der Waals surface area contributed by atoms with E-state index in [1.165, 1.54) is 12.1 Å². The van der Waals surface area contributed by atoms with Gasteiger partial charge in [0.25, 0.3) is 0 Å². The molecule has 1 N–H and O–H groups in total. The molecule has 1 unspecified atom stereocenters. The zero-order valence-corrected chi connectivity index (χ0v) is 16.0. The molecule has 0 aromatic heterocycles. The maximum atomic E-state index is 13.1. The van der Waals surface area contributed by atoms with Crippen LogP contribution in [0.4, 0.5) is 0 Å². The van der Waals surface area contributed by atoms with Crippen molar-refractivity contribution in [1.82, 2.24) is 0 Å². The summed E-state index contributed by atoms with van der Waals surface area (Å²) < 4.78 is 5.28. The summed E-state index contributed by atoms with van der Waals surface area (Å²) in [5.41, 5.74) is -1.26. The Kier molecular flexibility index (Phi) is 3.78. The van der Waals surface area contributed by atoms with E-state index in [9.17, 15) is 24.3 Å². The Labute approximate surface area is 165 Å². The minimum atomic E-state index is -1.38. The third-order valence-corrected chi connectivity index (χ3v) is 5.38. The molecule has 1 atom stereocenters. The molecule has 4 rings (SSSR count). The van der Waals surface area contributed by atoms with Crippen molar-refractivity contribution in [3.63, 3.8) is 0 Å². The van der Waals surface area contributed by atoms with Crippen LogP contribution in [0.2, 0.25) is 5.02 Å². The molecule has 0 spiro atoms. The number of aromatic hydroxyl groups is 1. The molecule has 0 amide bonds. The molecule has 0 fully saturated rings. The lowest BCUT2D eigenvalue weighted by atomic mass is 9.77. The third kappa shape index (κ3) is 2.27. The molecule has 2 aromatic rings. The maximum absolute atomic E-state index is 13.1. The Hall–Kier alpha value is -2.99. The molecular weight excluding hydrogens is 384 g/mol. The molecule has 0 bridgehead atoms. The number of esters is 1. The van der Waals surface area contributed by atoms with Crippen LogP contribution < -0.4 is 4.74 Å². The van der Waals surface area contributed by atoms with E-state index < -0.39 is 40.4 Å². The van der Waals surface area contributed by atoms with Crippen molar-refractivity contribution < 1.29 is 29.0 Å². The zero-order valence-electron chi connectivity index (χ0n) is 15.3. The summed E-state index contributed by atoms with van der Waals surface area (Å²) in [6.45, 7) is 4.91. The molecule has 7 heteroatoms. The first-order chi connectivity index (χ1) is 13.1. The molecule has 1 aliphatic carbocycles. The number of hydrogen-bond acceptors (Lipinski definition) is 6. The molecular formula is C21H15ClO6.